The number of benzene rings is 1. The fraction of sp³-hybridized carbons (Fsp3) is 0.412. The second-order valence-corrected chi connectivity index (χ2v) is 6.36. The van der Waals surface area contributed by atoms with Gasteiger partial charge in [-0.3, -0.25) is 0 Å². The van der Waals surface area contributed by atoms with E-state index < -0.39 is 0 Å². The zero-order chi connectivity index (χ0) is 14.3. The average molecular weight is 291 g/mol. The summed E-state index contributed by atoms with van der Waals surface area (Å²) in [6, 6.07) is 10.1. The molecule has 2 aromatic rings. The summed E-state index contributed by atoms with van der Waals surface area (Å²) in [5.74, 6) is 2.74. The van der Waals surface area contributed by atoms with Gasteiger partial charge in [-0.15, -0.1) is 11.6 Å². The van der Waals surface area contributed by atoms with Gasteiger partial charge in [-0.1, -0.05) is 19.1 Å². The van der Waals surface area contributed by atoms with Crippen LogP contribution in [-0.2, 0) is 12.8 Å². The SMILES string of the molecule is CCc1ccc(C(Cl)c2ccc3c(c2)CC(C)(C)O3)o1. The van der Waals surface area contributed by atoms with Crippen molar-refractivity contribution < 1.29 is 9.15 Å². The zero-order valence-electron chi connectivity index (χ0n) is 12.1. The van der Waals surface area contributed by atoms with Crippen molar-refractivity contribution in [3.05, 3.63) is 53.0 Å². The number of fused-ring (bicyclic) bond motifs is 1. The van der Waals surface area contributed by atoms with Crippen molar-refractivity contribution in [2.24, 2.45) is 0 Å². The van der Waals surface area contributed by atoms with Crippen molar-refractivity contribution in [1.29, 1.82) is 0 Å². The van der Waals surface area contributed by atoms with Gasteiger partial charge in [0.05, 0.1) is 0 Å². The molecule has 106 valence electrons. The molecular weight excluding hydrogens is 272 g/mol. The predicted octanol–water partition coefficient (Wildman–Crippen LogP) is 4.88. The van der Waals surface area contributed by atoms with Crippen LogP contribution in [0.25, 0.3) is 0 Å². The topological polar surface area (TPSA) is 22.4 Å². The second kappa shape index (κ2) is 4.85. The van der Waals surface area contributed by atoms with Crippen LogP contribution in [0.2, 0.25) is 0 Å². The van der Waals surface area contributed by atoms with Crippen LogP contribution in [0.3, 0.4) is 0 Å². The minimum absolute atomic E-state index is 0.122. The molecule has 1 aromatic carbocycles. The molecule has 0 spiro atoms. The van der Waals surface area contributed by atoms with Gasteiger partial charge < -0.3 is 9.15 Å². The van der Waals surface area contributed by atoms with Gasteiger partial charge in [0.1, 0.15) is 28.2 Å². The number of ether oxygens (including phenoxy) is 1. The Morgan fingerprint density at radius 1 is 1.25 bits per heavy atom. The van der Waals surface area contributed by atoms with Gasteiger partial charge in [0.25, 0.3) is 0 Å². The molecule has 1 aliphatic rings. The Morgan fingerprint density at radius 2 is 2.05 bits per heavy atom. The lowest BCUT2D eigenvalue weighted by Crippen LogP contribution is -2.24. The summed E-state index contributed by atoms with van der Waals surface area (Å²) in [6.07, 6.45) is 1.80. The largest absolute Gasteiger partial charge is 0.487 e. The molecule has 3 heteroatoms. The molecule has 1 aromatic heterocycles. The first-order valence-electron chi connectivity index (χ1n) is 7.03. The smallest absolute Gasteiger partial charge is 0.126 e. The van der Waals surface area contributed by atoms with Crippen molar-refractivity contribution in [2.45, 2.75) is 44.6 Å². The van der Waals surface area contributed by atoms with Crippen LogP contribution < -0.4 is 4.74 Å². The maximum Gasteiger partial charge on any atom is 0.126 e. The van der Waals surface area contributed by atoms with Crippen molar-refractivity contribution >= 4 is 11.6 Å². The van der Waals surface area contributed by atoms with E-state index in [0.717, 1.165) is 35.7 Å². The first-order chi connectivity index (χ1) is 9.48. The molecule has 0 aliphatic carbocycles. The minimum Gasteiger partial charge on any atom is -0.487 e. The van der Waals surface area contributed by atoms with Gasteiger partial charge >= 0.3 is 0 Å². The van der Waals surface area contributed by atoms with E-state index in [1.807, 2.05) is 24.3 Å². The standard InChI is InChI=1S/C17H19ClO2/c1-4-13-6-8-15(19-13)16(18)11-5-7-14-12(9-11)10-17(2,3)20-14/h5-9,16H,4,10H2,1-3H3. The van der Waals surface area contributed by atoms with Crippen molar-refractivity contribution in [1.82, 2.24) is 0 Å². The van der Waals surface area contributed by atoms with Crippen molar-refractivity contribution in [3.63, 3.8) is 0 Å². The molecule has 1 aliphatic heterocycles. The Labute approximate surface area is 124 Å². The van der Waals surface area contributed by atoms with E-state index >= 15 is 0 Å². The molecule has 0 N–H and O–H groups in total. The molecule has 20 heavy (non-hydrogen) atoms. The third-order valence-electron chi connectivity index (χ3n) is 3.66. The maximum absolute atomic E-state index is 6.54. The van der Waals surface area contributed by atoms with E-state index in [1.165, 1.54) is 5.56 Å². The highest BCUT2D eigenvalue weighted by molar-refractivity contribution is 6.22. The van der Waals surface area contributed by atoms with Gasteiger partial charge in [-0.2, -0.15) is 0 Å². The number of aryl methyl sites for hydroxylation is 1. The molecule has 0 amide bonds. The van der Waals surface area contributed by atoms with Crippen LogP contribution in [-0.4, -0.2) is 5.60 Å². The van der Waals surface area contributed by atoms with Gasteiger partial charge in [0.2, 0.25) is 0 Å². The Kier molecular flexibility index (Phi) is 3.29. The molecule has 1 atom stereocenters. The summed E-state index contributed by atoms with van der Waals surface area (Å²) in [6.45, 7) is 6.27. The normalized spacial score (nSPS) is 17.6. The lowest BCUT2D eigenvalue weighted by Gasteiger charge is -2.16. The lowest BCUT2D eigenvalue weighted by atomic mass is 9.99. The minimum atomic E-state index is -0.246. The Hall–Kier alpha value is -1.41. The number of hydrogen-bond acceptors (Lipinski definition) is 2. The van der Waals surface area contributed by atoms with Crippen molar-refractivity contribution in [2.75, 3.05) is 0 Å². The highest BCUT2D eigenvalue weighted by Crippen LogP contribution is 2.38. The number of furan rings is 1. The Bertz CT molecular complexity index is 628. The van der Waals surface area contributed by atoms with Crippen LogP contribution in [0.1, 0.15) is 48.8 Å². The van der Waals surface area contributed by atoms with Crippen LogP contribution in [0, 0.1) is 0 Å². The van der Waals surface area contributed by atoms with Crippen LogP contribution >= 0.6 is 11.6 Å². The average Bonchev–Trinajstić information content (AvgIpc) is 2.98. The second-order valence-electron chi connectivity index (χ2n) is 5.93. The molecule has 0 bridgehead atoms. The summed E-state index contributed by atoms with van der Waals surface area (Å²) >= 11 is 6.54. The quantitative estimate of drug-likeness (QED) is 0.751. The van der Waals surface area contributed by atoms with E-state index in [0.29, 0.717) is 0 Å². The first kappa shape index (κ1) is 13.6. The number of hydrogen-bond donors (Lipinski definition) is 0. The molecule has 0 fully saturated rings. The summed E-state index contributed by atoms with van der Waals surface area (Å²) in [4.78, 5) is 0. The monoisotopic (exact) mass is 290 g/mol. The summed E-state index contributed by atoms with van der Waals surface area (Å²) in [7, 11) is 0. The fourth-order valence-electron chi connectivity index (χ4n) is 2.67. The Morgan fingerprint density at radius 3 is 2.75 bits per heavy atom. The molecule has 1 unspecified atom stereocenters. The molecule has 2 nitrogen and oxygen atoms in total. The summed E-state index contributed by atoms with van der Waals surface area (Å²) < 4.78 is 11.6. The zero-order valence-corrected chi connectivity index (χ0v) is 12.8. The van der Waals surface area contributed by atoms with Crippen LogP contribution in [0.4, 0.5) is 0 Å². The van der Waals surface area contributed by atoms with Crippen LogP contribution in [0.15, 0.2) is 34.7 Å². The van der Waals surface area contributed by atoms with E-state index in [4.69, 9.17) is 20.8 Å². The molecule has 2 heterocycles. The van der Waals surface area contributed by atoms with Crippen molar-refractivity contribution in [3.8, 4) is 5.75 Å². The number of alkyl halides is 1. The number of rotatable bonds is 3. The highest BCUT2D eigenvalue weighted by Gasteiger charge is 2.30. The van der Waals surface area contributed by atoms with Gasteiger partial charge in [0, 0.05) is 12.8 Å². The highest BCUT2D eigenvalue weighted by atomic mass is 35.5. The molecule has 0 saturated heterocycles. The van der Waals surface area contributed by atoms with Gasteiger partial charge in [-0.05, 0) is 43.2 Å². The number of halogens is 1. The maximum atomic E-state index is 6.54. The fourth-order valence-corrected chi connectivity index (χ4v) is 2.93. The molecule has 0 radical (unpaired) electrons. The van der Waals surface area contributed by atoms with E-state index in [1.54, 1.807) is 0 Å². The molecular formula is C17H19ClO2. The first-order valence-corrected chi connectivity index (χ1v) is 7.46. The molecule has 0 saturated carbocycles. The lowest BCUT2D eigenvalue weighted by molar-refractivity contribution is 0.138. The Balaban J connectivity index is 1.88. The van der Waals surface area contributed by atoms with Gasteiger partial charge in [0.15, 0.2) is 0 Å². The van der Waals surface area contributed by atoms with Crippen LogP contribution in [0.5, 0.6) is 5.75 Å². The third kappa shape index (κ3) is 2.45. The van der Waals surface area contributed by atoms with Gasteiger partial charge in [-0.25, -0.2) is 0 Å². The predicted molar refractivity (Wildman–Crippen MR) is 80.6 cm³/mol. The van der Waals surface area contributed by atoms with E-state index in [9.17, 15) is 0 Å². The third-order valence-corrected chi connectivity index (χ3v) is 4.13. The summed E-state index contributed by atoms with van der Waals surface area (Å²) in [5.41, 5.74) is 2.16. The van der Waals surface area contributed by atoms with E-state index in [2.05, 4.69) is 26.8 Å². The van der Waals surface area contributed by atoms with E-state index in [-0.39, 0.29) is 11.0 Å². The summed E-state index contributed by atoms with van der Waals surface area (Å²) in [5, 5.41) is -0.246. The molecule has 3 rings (SSSR count).